The van der Waals surface area contributed by atoms with E-state index in [4.69, 9.17) is 9.97 Å². The summed E-state index contributed by atoms with van der Waals surface area (Å²) < 4.78 is 4.61. The zero-order chi connectivity index (χ0) is 38.2. The van der Waals surface area contributed by atoms with Crippen LogP contribution in [0.1, 0.15) is 0 Å². The number of rotatable bonds is 5. The summed E-state index contributed by atoms with van der Waals surface area (Å²) in [6.45, 7) is 0. The number of hydrogen-bond acceptors (Lipinski definition) is 2. The lowest BCUT2D eigenvalue weighted by Crippen LogP contribution is -2.04. The van der Waals surface area contributed by atoms with Crippen LogP contribution in [0.25, 0.3) is 110 Å². The number of fused-ring (bicyclic) bond motifs is 8. The fraction of sp³-hybridized carbons (Fsp3) is 0. The molecule has 4 heteroatoms. The monoisotopic (exact) mass is 738 g/mol. The Balaban J connectivity index is 1.16. The van der Waals surface area contributed by atoms with E-state index >= 15 is 0 Å². The molecule has 0 aliphatic rings. The molecule has 0 unspecified atom stereocenters. The molecule has 0 N–H and O–H groups in total. The third-order valence-corrected chi connectivity index (χ3v) is 11.7. The van der Waals surface area contributed by atoms with Crippen molar-refractivity contribution >= 4 is 65.3 Å². The van der Waals surface area contributed by atoms with Gasteiger partial charge in [0, 0.05) is 38.2 Å². The number of benzene rings is 9. The van der Waals surface area contributed by atoms with Gasteiger partial charge < -0.3 is 4.57 Å². The van der Waals surface area contributed by atoms with Gasteiger partial charge in [0.25, 0.3) is 0 Å². The van der Waals surface area contributed by atoms with Gasteiger partial charge in [-0.1, -0.05) is 146 Å². The topological polar surface area (TPSA) is 35.6 Å². The van der Waals surface area contributed by atoms with Crippen LogP contribution in [0.2, 0.25) is 0 Å². The molecule has 9 aromatic carbocycles. The van der Waals surface area contributed by atoms with Crippen molar-refractivity contribution in [1.29, 1.82) is 0 Å². The maximum absolute atomic E-state index is 5.51. The van der Waals surface area contributed by atoms with Crippen molar-refractivity contribution in [3.8, 4) is 45.1 Å². The average Bonchev–Trinajstić information content (AvgIpc) is 3.80. The molecular weight excluding hydrogens is 705 g/mol. The van der Waals surface area contributed by atoms with Crippen molar-refractivity contribution in [2.75, 3.05) is 0 Å². The summed E-state index contributed by atoms with van der Waals surface area (Å²) >= 11 is 0. The van der Waals surface area contributed by atoms with Gasteiger partial charge in [0.05, 0.1) is 33.3 Å². The maximum Gasteiger partial charge on any atom is 0.235 e. The lowest BCUT2D eigenvalue weighted by molar-refractivity contribution is 1.01. The van der Waals surface area contributed by atoms with Gasteiger partial charge in [-0.2, -0.15) is 0 Å². The van der Waals surface area contributed by atoms with Gasteiger partial charge in [0.15, 0.2) is 0 Å². The fourth-order valence-electron chi connectivity index (χ4n) is 9.04. The Labute approximate surface area is 334 Å². The highest BCUT2D eigenvalue weighted by Crippen LogP contribution is 2.42. The zero-order valence-electron chi connectivity index (χ0n) is 31.4. The minimum absolute atomic E-state index is 0.648. The van der Waals surface area contributed by atoms with Crippen LogP contribution in [0.4, 0.5) is 0 Å². The summed E-state index contributed by atoms with van der Waals surface area (Å²) in [5.41, 5.74) is 13.0. The van der Waals surface area contributed by atoms with E-state index in [1.807, 2.05) is 0 Å². The molecule has 0 aliphatic heterocycles. The largest absolute Gasteiger partial charge is 0.309 e. The van der Waals surface area contributed by atoms with E-state index in [1.54, 1.807) is 0 Å². The first-order chi connectivity index (χ1) is 28.8. The van der Waals surface area contributed by atoms with Gasteiger partial charge in [-0.05, 0) is 93.7 Å². The van der Waals surface area contributed by atoms with E-state index < -0.39 is 0 Å². The van der Waals surface area contributed by atoms with Crippen molar-refractivity contribution in [3.63, 3.8) is 0 Å². The molecule has 3 aromatic heterocycles. The third kappa shape index (κ3) is 5.02. The minimum Gasteiger partial charge on any atom is -0.309 e. The van der Waals surface area contributed by atoms with Gasteiger partial charge in [-0.15, -0.1) is 0 Å². The second-order valence-corrected chi connectivity index (χ2v) is 15.0. The van der Waals surface area contributed by atoms with Crippen molar-refractivity contribution < 1.29 is 0 Å². The maximum atomic E-state index is 5.51. The third-order valence-electron chi connectivity index (χ3n) is 11.7. The molecule has 0 atom stereocenters. The Kier molecular flexibility index (Phi) is 7.20. The van der Waals surface area contributed by atoms with Crippen LogP contribution in [-0.4, -0.2) is 19.1 Å². The van der Waals surface area contributed by atoms with Crippen molar-refractivity contribution in [3.05, 3.63) is 206 Å². The van der Waals surface area contributed by atoms with E-state index in [9.17, 15) is 0 Å². The Morgan fingerprint density at radius 2 is 0.862 bits per heavy atom. The summed E-state index contributed by atoms with van der Waals surface area (Å²) in [5, 5.41) is 8.20. The molecule has 0 amide bonds. The summed E-state index contributed by atoms with van der Waals surface area (Å²) in [4.78, 5) is 11.0. The second-order valence-electron chi connectivity index (χ2n) is 15.0. The van der Waals surface area contributed by atoms with Crippen LogP contribution >= 0.6 is 0 Å². The Morgan fingerprint density at radius 1 is 0.310 bits per heavy atom. The molecule has 12 aromatic rings. The predicted molar refractivity (Wildman–Crippen MR) is 242 cm³/mol. The van der Waals surface area contributed by atoms with Crippen molar-refractivity contribution in [1.82, 2.24) is 19.1 Å². The molecule has 0 aliphatic carbocycles. The highest BCUT2D eigenvalue weighted by Gasteiger charge is 2.21. The summed E-state index contributed by atoms with van der Waals surface area (Å²) in [7, 11) is 0. The average molecular weight is 739 g/mol. The molecular formula is C54H34N4. The molecule has 4 nitrogen and oxygen atoms in total. The zero-order valence-corrected chi connectivity index (χ0v) is 31.4. The Bertz CT molecular complexity index is 3550. The second kappa shape index (κ2) is 12.9. The molecule has 0 saturated carbocycles. The van der Waals surface area contributed by atoms with Crippen LogP contribution in [0.15, 0.2) is 206 Å². The molecule has 270 valence electrons. The molecule has 12 rings (SSSR count). The molecule has 0 saturated heterocycles. The van der Waals surface area contributed by atoms with Crippen LogP contribution < -0.4 is 0 Å². The summed E-state index contributed by atoms with van der Waals surface area (Å²) in [6.07, 6.45) is 0. The Morgan fingerprint density at radius 3 is 1.59 bits per heavy atom. The Hall–Kier alpha value is -7.82. The lowest BCUT2D eigenvalue weighted by Gasteiger charge is -2.16. The van der Waals surface area contributed by atoms with Gasteiger partial charge in [-0.25, -0.2) is 9.97 Å². The van der Waals surface area contributed by atoms with E-state index in [0.717, 1.165) is 61.1 Å². The van der Waals surface area contributed by atoms with Crippen molar-refractivity contribution in [2.45, 2.75) is 0 Å². The van der Waals surface area contributed by atoms with Crippen LogP contribution in [0, 0.1) is 0 Å². The first-order valence-electron chi connectivity index (χ1n) is 19.7. The highest BCUT2D eigenvalue weighted by molar-refractivity contribution is 6.14. The predicted octanol–water partition coefficient (Wildman–Crippen LogP) is 14.0. The van der Waals surface area contributed by atoms with E-state index in [-0.39, 0.29) is 0 Å². The minimum atomic E-state index is 0.648. The number of aromatic nitrogens is 4. The fourth-order valence-corrected chi connectivity index (χ4v) is 9.04. The quantitative estimate of drug-likeness (QED) is 0.176. The lowest BCUT2D eigenvalue weighted by atomic mass is 9.91. The van der Waals surface area contributed by atoms with Gasteiger partial charge in [0.1, 0.15) is 0 Å². The van der Waals surface area contributed by atoms with E-state index in [0.29, 0.717) is 5.95 Å². The standard InChI is InChI=1S/C54H34N4/c1-4-16-35(17-5-1)44-34-48-47(33-43(44)39-28-29-51-45(31-39)41-24-12-14-26-49(41)57(51)40-22-8-3-9-23-40)53(36-18-6-2-7-19-36)56-54(55-48)58-50-27-15-13-25-42(50)46-30-37-20-10-11-21-38(37)32-52(46)58/h1-34H. The van der Waals surface area contributed by atoms with Crippen molar-refractivity contribution in [2.24, 2.45) is 0 Å². The first-order valence-corrected chi connectivity index (χ1v) is 19.7. The normalized spacial score (nSPS) is 11.8. The highest BCUT2D eigenvalue weighted by atomic mass is 15.2. The van der Waals surface area contributed by atoms with Crippen LogP contribution in [0.5, 0.6) is 0 Å². The number of hydrogen-bond donors (Lipinski definition) is 0. The SMILES string of the molecule is c1ccc(-c2cc3nc(-n4c5ccccc5c5cc6ccccc6cc54)nc(-c4ccccc4)c3cc2-c2ccc3c(c2)c2ccccc2n3-c2ccccc2)cc1. The van der Waals surface area contributed by atoms with E-state index in [2.05, 4.69) is 215 Å². The first kappa shape index (κ1) is 32.4. The molecule has 0 spiro atoms. The summed E-state index contributed by atoms with van der Waals surface area (Å²) in [5.74, 6) is 0.648. The molecule has 0 fully saturated rings. The number of nitrogens with zero attached hydrogens (tertiary/aromatic N) is 4. The van der Waals surface area contributed by atoms with Gasteiger partial charge >= 0.3 is 0 Å². The van der Waals surface area contributed by atoms with Crippen LogP contribution in [-0.2, 0) is 0 Å². The molecule has 0 bridgehead atoms. The van der Waals surface area contributed by atoms with Gasteiger partial charge in [-0.3, -0.25) is 4.57 Å². The smallest absolute Gasteiger partial charge is 0.235 e. The van der Waals surface area contributed by atoms with Crippen LogP contribution in [0.3, 0.4) is 0 Å². The number of para-hydroxylation sites is 3. The van der Waals surface area contributed by atoms with E-state index in [1.165, 1.54) is 43.4 Å². The van der Waals surface area contributed by atoms with Gasteiger partial charge in [0.2, 0.25) is 5.95 Å². The molecule has 58 heavy (non-hydrogen) atoms. The molecule has 0 radical (unpaired) electrons. The molecule has 3 heterocycles. The summed E-state index contributed by atoms with van der Waals surface area (Å²) in [6, 6.07) is 73.9.